The Kier molecular flexibility index (Phi) is 4.84. The van der Waals surface area contributed by atoms with Crippen LogP contribution in [-0.4, -0.2) is 25.2 Å². The van der Waals surface area contributed by atoms with E-state index in [0.717, 1.165) is 24.6 Å². The van der Waals surface area contributed by atoms with Crippen LogP contribution in [0.15, 0.2) is 18.2 Å². The van der Waals surface area contributed by atoms with Gasteiger partial charge in [-0.05, 0) is 24.6 Å². The van der Waals surface area contributed by atoms with Crippen LogP contribution in [0.4, 0.5) is 4.39 Å². The second-order valence-electron chi connectivity index (χ2n) is 4.06. The molecule has 1 N–H and O–H groups in total. The maximum absolute atomic E-state index is 13.4. The van der Waals surface area contributed by atoms with E-state index >= 15 is 0 Å². The predicted octanol–water partition coefficient (Wildman–Crippen LogP) is 2.24. The van der Waals surface area contributed by atoms with Crippen molar-refractivity contribution in [3.05, 3.63) is 35.1 Å². The molecule has 0 aromatic heterocycles. The van der Waals surface area contributed by atoms with Gasteiger partial charge in [0.15, 0.2) is 9.84 Å². The molecular formula is C12H15FO4S. The molecular weight excluding hydrogens is 259 g/mol. The van der Waals surface area contributed by atoms with Gasteiger partial charge in [-0.3, -0.25) is 0 Å². The summed E-state index contributed by atoms with van der Waals surface area (Å²) in [5, 5.41) is 8.77. The fourth-order valence-electron chi connectivity index (χ4n) is 1.49. The molecule has 4 nitrogen and oxygen atoms in total. The van der Waals surface area contributed by atoms with Crippen LogP contribution >= 0.6 is 0 Å². The first-order valence-corrected chi connectivity index (χ1v) is 7.40. The van der Waals surface area contributed by atoms with Crippen molar-refractivity contribution in [1.82, 2.24) is 0 Å². The number of halogens is 1. The van der Waals surface area contributed by atoms with Gasteiger partial charge in [0.2, 0.25) is 0 Å². The number of carboxylic acids is 1. The first kappa shape index (κ1) is 14.6. The van der Waals surface area contributed by atoms with Crippen LogP contribution in [0.1, 0.15) is 35.7 Å². The van der Waals surface area contributed by atoms with Gasteiger partial charge >= 0.3 is 5.97 Å². The third-order valence-electron chi connectivity index (χ3n) is 2.48. The van der Waals surface area contributed by atoms with Crippen LogP contribution in [0.2, 0.25) is 0 Å². The molecule has 0 unspecified atom stereocenters. The number of rotatable bonds is 6. The number of carboxylic acid groups (broad SMARTS) is 1. The van der Waals surface area contributed by atoms with Gasteiger partial charge in [0, 0.05) is 5.56 Å². The van der Waals surface area contributed by atoms with E-state index in [1.165, 1.54) is 0 Å². The molecule has 0 bridgehead atoms. The van der Waals surface area contributed by atoms with Gasteiger partial charge in [0.1, 0.15) is 5.82 Å². The lowest BCUT2D eigenvalue weighted by atomic mass is 10.1. The van der Waals surface area contributed by atoms with E-state index in [9.17, 15) is 17.6 Å². The Morgan fingerprint density at radius 1 is 1.39 bits per heavy atom. The van der Waals surface area contributed by atoms with Crippen molar-refractivity contribution in [3.63, 3.8) is 0 Å². The fourth-order valence-corrected chi connectivity index (χ4v) is 3.06. The van der Waals surface area contributed by atoms with Crippen LogP contribution in [0.25, 0.3) is 0 Å². The Morgan fingerprint density at radius 3 is 2.61 bits per heavy atom. The number of hydrogen-bond acceptors (Lipinski definition) is 3. The molecule has 18 heavy (non-hydrogen) atoms. The third kappa shape index (κ3) is 4.10. The molecule has 0 radical (unpaired) electrons. The van der Waals surface area contributed by atoms with Crippen molar-refractivity contribution in [2.24, 2.45) is 0 Å². The summed E-state index contributed by atoms with van der Waals surface area (Å²) in [5.74, 6) is -2.37. The van der Waals surface area contributed by atoms with Crippen molar-refractivity contribution in [1.29, 1.82) is 0 Å². The first-order chi connectivity index (χ1) is 8.35. The van der Waals surface area contributed by atoms with Gasteiger partial charge < -0.3 is 5.11 Å². The summed E-state index contributed by atoms with van der Waals surface area (Å²) in [5.41, 5.74) is -0.205. The number of sulfone groups is 1. The van der Waals surface area contributed by atoms with Crippen molar-refractivity contribution in [2.75, 3.05) is 5.75 Å². The minimum Gasteiger partial charge on any atom is -0.478 e. The minimum atomic E-state index is -3.39. The van der Waals surface area contributed by atoms with Crippen LogP contribution in [-0.2, 0) is 15.6 Å². The molecule has 0 atom stereocenters. The van der Waals surface area contributed by atoms with Gasteiger partial charge in [-0.25, -0.2) is 17.6 Å². The maximum atomic E-state index is 13.4. The summed E-state index contributed by atoms with van der Waals surface area (Å²) in [6.07, 6.45) is 1.25. The minimum absolute atomic E-state index is 0.0137. The second kappa shape index (κ2) is 5.95. The van der Waals surface area contributed by atoms with Gasteiger partial charge in [0.05, 0.1) is 17.1 Å². The third-order valence-corrected chi connectivity index (χ3v) is 4.14. The number of unbranched alkanes of at least 4 members (excludes halogenated alkanes) is 1. The molecule has 0 fully saturated rings. The standard InChI is InChI=1S/C12H15FO4S/c1-2-3-6-18(16,17)8-10-7-9(12(14)15)4-5-11(10)13/h4-5,7H,2-3,6,8H2,1H3,(H,14,15). The van der Waals surface area contributed by atoms with Gasteiger partial charge in [0.25, 0.3) is 0 Å². The Hall–Kier alpha value is -1.43. The normalized spacial score (nSPS) is 11.4. The summed E-state index contributed by atoms with van der Waals surface area (Å²) in [6.45, 7) is 1.86. The summed E-state index contributed by atoms with van der Waals surface area (Å²) < 4.78 is 36.8. The quantitative estimate of drug-likeness (QED) is 0.863. The molecule has 0 aliphatic rings. The Labute approximate surface area is 105 Å². The lowest BCUT2D eigenvalue weighted by Crippen LogP contribution is -2.11. The molecule has 0 aliphatic heterocycles. The first-order valence-electron chi connectivity index (χ1n) is 5.58. The summed E-state index contributed by atoms with van der Waals surface area (Å²) >= 11 is 0. The Bertz CT molecular complexity index is 537. The molecule has 1 aromatic carbocycles. The van der Waals surface area contributed by atoms with Crippen LogP contribution in [0.5, 0.6) is 0 Å². The van der Waals surface area contributed by atoms with Crippen LogP contribution in [0, 0.1) is 5.82 Å². The number of hydrogen-bond donors (Lipinski definition) is 1. The second-order valence-corrected chi connectivity index (χ2v) is 6.24. The van der Waals surface area contributed by atoms with Crippen molar-refractivity contribution in [2.45, 2.75) is 25.5 Å². The SMILES string of the molecule is CCCCS(=O)(=O)Cc1cc(C(=O)O)ccc1F. The van der Waals surface area contributed by atoms with Gasteiger partial charge in [-0.1, -0.05) is 13.3 Å². The zero-order chi connectivity index (χ0) is 13.8. The van der Waals surface area contributed by atoms with Crippen molar-refractivity contribution < 1.29 is 22.7 Å². The van der Waals surface area contributed by atoms with E-state index in [1.54, 1.807) is 0 Å². The van der Waals surface area contributed by atoms with Crippen LogP contribution in [0.3, 0.4) is 0 Å². The van der Waals surface area contributed by atoms with Crippen molar-refractivity contribution in [3.8, 4) is 0 Å². The maximum Gasteiger partial charge on any atom is 0.335 e. The number of carbonyl (C=O) groups is 1. The number of aromatic carboxylic acids is 1. The molecule has 6 heteroatoms. The molecule has 100 valence electrons. The molecule has 1 rings (SSSR count). The molecule has 0 heterocycles. The monoisotopic (exact) mass is 274 g/mol. The molecule has 0 saturated carbocycles. The van der Waals surface area contributed by atoms with E-state index < -0.39 is 27.4 Å². The average molecular weight is 274 g/mol. The fraction of sp³-hybridized carbons (Fsp3) is 0.417. The average Bonchev–Trinajstić information content (AvgIpc) is 2.29. The highest BCUT2D eigenvalue weighted by atomic mass is 32.2. The van der Waals surface area contributed by atoms with Crippen molar-refractivity contribution >= 4 is 15.8 Å². The van der Waals surface area contributed by atoms with E-state index in [1.807, 2.05) is 6.92 Å². The number of benzene rings is 1. The highest BCUT2D eigenvalue weighted by Crippen LogP contribution is 2.15. The Morgan fingerprint density at radius 2 is 2.06 bits per heavy atom. The van der Waals surface area contributed by atoms with Crippen LogP contribution < -0.4 is 0 Å². The van der Waals surface area contributed by atoms with E-state index in [0.29, 0.717) is 6.42 Å². The van der Waals surface area contributed by atoms with E-state index in [-0.39, 0.29) is 16.9 Å². The topological polar surface area (TPSA) is 71.4 Å². The lowest BCUT2D eigenvalue weighted by Gasteiger charge is -2.06. The largest absolute Gasteiger partial charge is 0.478 e. The molecule has 0 aliphatic carbocycles. The highest BCUT2D eigenvalue weighted by Gasteiger charge is 2.16. The zero-order valence-electron chi connectivity index (χ0n) is 10.0. The predicted molar refractivity (Wildman–Crippen MR) is 65.8 cm³/mol. The lowest BCUT2D eigenvalue weighted by molar-refractivity contribution is 0.0696. The smallest absolute Gasteiger partial charge is 0.335 e. The molecule has 0 spiro atoms. The summed E-state index contributed by atoms with van der Waals surface area (Å²) in [6, 6.07) is 3.16. The van der Waals surface area contributed by atoms with E-state index in [2.05, 4.69) is 0 Å². The Balaban J connectivity index is 2.96. The van der Waals surface area contributed by atoms with E-state index in [4.69, 9.17) is 5.11 Å². The summed E-state index contributed by atoms with van der Waals surface area (Å²) in [4.78, 5) is 10.7. The molecule has 1 aromatic rings. The van der Waals surface area contributed by atoms with Gasteiger partial charge in [-0.15, -0.1) is 0 Å². The zero-order valence-corrected chi connectivity index (χ0v) is 10.8. The molecule has 0 amide bonds. The van der Waals surface area contributed by atoms with Gasteiger partial charge in [-0.2, -0.15) is 0 Å². The highest BCUT2D eigenvalue weighted by molar-refractivity contribution is 7.90. The molecule has 0 saturated heterocycles. The summed E-state index contributed by atoms with van der Waals surface area (Å²) in [7, 11) is -3.39.